The van der Waals surface area contributed by atoms with Gasteiger partial charge in [0.25, 0.3) is 0 Å². The first kappa shape index (κ1) is 7.43. The van der Waals surface area contributed by atoms with Crippen LogP contribution in [0.1, 0.15) is 0 Å². The largest absolute Gasteiger partial charge is 0.309 e. The zero-order valence-electron chi connectivity index (χ0n) is 5.52. The second-order valence-electron chi connectivity index (χ2n) is 1.87. The fourth-order valence-electron chi connectivity index (χ4n) is 0.353. The Morgan fingerprint density at radius 1 is 1.62 bits per heavy atom. The van der Waals surface area contributed by atoms with E-state index in [1.807, 2.05) is 14.1 Å². The maximum atomic E-state index is 3.48. The number of hydrogen-bond donors (Lipinski definition) is 1. The third-order valence-corrected chi connectivity index (χ3v) is 0.783. The van der Waals surface area contributed by atoms with Gasteiger partial charge in [0, 0.05) is 19.8 Å². The molecule has 0 radical (unpaired) electrons. The molecule has 0 bridgehead atoms. The van der Waals surface area contributed by atoms with E-state index in [-0.39, 0.29) is 0 Å². The molecule has 0 saturated carbocycles. The van der Waals surface area contributed by atoms with E-state index in [2.05, 4.69) is 22.1 Å². The van der Waals surface area contributed by atoms with Crippen molar-refractivity contribution in [2.45, 2.75) is 0 Å². The van der Waals surface area contributed by atoms with Crippen LogP contribution in [0, 0.1) is 0 Å². The molecular formula is C5H13N3. The van der Waals surface area contributed by atoms with Gasteiger partial charge in [-0.3, -0.25) is 0 Å². The van der Waals surface area contributed by atoms with Crippen molar-refractivity contribution in [3.63, 3.8) is 0 Å². The smallest absolute Gasteiger partial charge is 0.0456 e. The predicted molar refractivity (Wildman–Crippen MR) is 36.1 cm³/mol. The van der Waals surface area contributed by atoms with Crippen molar-refractivity contribution in [2.75, 3.05) is 27.2 Å². The van der Waals surface area contributed by atoms with Crippen molar-refractivity contribution in [2.24, 2.45) is 5.10 Å². The van der Waals surface area contributed by atoms with E-state index in [1.165, 1.54) is 0 Å². The fraction of sp³-hybridized carbons (Fsp3) is 0.800. The van der Waals surface area contributed by atoms with Crippen LogP contribution in [0.2, 0.25) is 0 Å². The first-order valence-electron chi connectivity index (χ1n) is 2.60. The maximum Gasteiger partial charge on any atom is 0.0456 e. The van der Waals surface area contributed by atoms with E-state index in [4.69, 9.17) is 0 Å². The molecule has 8 heavy (non-hydrogen) atoms. The summed E-state index contributed by atoms with van der Waals surface area (Å²) in [4.78, 5) is 2.08. The topological polar surface area (TPSA) is 27.6 Å². The Morgan fingerprint density at radius 2 is 2.25 bits per heavy atom. The first-order chi connectivity index (χ1) is 3.77. The van der Waals surface area contributed by atoms with Crippen molar-refractivity contribution in [3.05, 3.63) is 0 Å². The zero-order valence-corrected chi connectivity index (χ0v) is 5.52. The van der Waals surface area contributed by atoms with Gasteiger partial charge in [0.1, 0.15) is 0 Å². The van der Waals surface area contributed by atoms with Gasteiger partial charge in [0.05, 0.1) is 0 Å². The van der Waals surface area contributed by atoms with Gasteiger partial charge in [-0.1, -0.05) is 0 Å². The number of hydrazone groups is 1. The lowest BCUT2D eigenvalue weighted by Crippen LogP contribution is -2.22. The zero-order chi connectivity index (χ0) is 6.41. The van der Waals surface area contributed by atoms with Gasteiger partial charge in [-0.05, 0) is 14.1 Å². The molecule has 0 aromatic rings. The summed E-state index contributed by atoms with van der Waals surface area (Å²) in [6.45, 7) is 5.15. The molecule has 0 atom stereocenters. The van der Waals surface area contributed by atoms with E-state index in [0.717, 1.165) is 13.1 Å². The third kappa shape index (κ3) is 5.43. The van der Waals surface area contributed by atoms with Gasteiger partial charge in [0.2, 0.25) is 0 Å². The number of hydrogen-bond acceptors (Lipinski definition) is 3. The molecule has 0 fully saturated rings. The lowest BCUT2D eigenvalue weighted by Gasteiger charge is -2.07. The molecule has 0 aromatic heterocycles. The van der Waals surface area contributed by atoms with E-state index in [9.17, 15) is 0 Å². The molecular weight excluding hydrogens is 102 g/mol. The first-order valence-corrected chi connectivity index (χ1v) is 2.60. The highest BCUT2D eigenvalue weighted by molar-refractivity contribution is 5.22. The van der Waals surface area contributed by atoms with Crippen LogP contribution in [-0.2, 0) is 0 Å². The van der Waals surface area contributed by atoms with Gasteiger partial charge in [0.15, 0.2) is 0 Å². The maximum absolute atomic E-state index is 3.48. The SMILES string of the molecule is C=NNCCN(C)C. The predicted octanol–water partition coefficient (Wildman–Crippen LogP) is -0.247. The summed E-state index contributed by atoms with van der Waals surface area (Å²) >= 11 is 0. The minimum atomic E-state index is 0.872. The Bertz CT molecular complexity index is 60.7. The van der Waals surface area contributed by atoms with Crippen molar-refractivity contribution < 1.29 is 0 Å². The second-order valence-corrected chi connectivity index (χ2v) is 1.87. The van der Waals surface area contributed by atoms with E-state index >= 15 is 0 Å². The molecule has 0 heterocycles. The molecule has 3 heteroatoms. The van der Waals surface area contributed by atoms with Crippen LogP contribution in [0.15, 0.2) is 5.10 Å². The summed E-state index contributed by atoms with van der Waals surface area (Å²) in [5.74, 6) is 0. The van der Waals surface area contributed by atoms with Gasteiger partial charge in [-0.15, -0.1) is 0 Å². The summed E-state index contributed by atoms with van der Waals surface area (Å²) in [6.07, 6.45) is 0. The minimum Gasteiger partial charge on any atom is -0.309 e. The van der Waals surface area contributed by atoms with Crippen LogP contribution in [0.4, 0.5) is 0 Å². The molecule has 0 spiro atoms. The number of nitrogens with zero attached hydrogens (tertiary/aromatic N) is 2. The molecule has 3 nitrogen and oxygen atoms in total. The Hall–Kier alpha value is -0.570. The molecule has 0 aliphatic heterocycles. The van der Waals surface area contributed by atoms with Gasteiger partial charge < -0.3 is 10.3 Å². The van der Waals surface area contributed by atoms with Gasteiger partial charge in [-0.25, -0.2) is 0 Å². The molecule has 48 valence electrons. The molecule has 0 aliphatic rings. The highest BCUT2D eigenvalue weighted by Gasteiger charge is 1.84. The van der Waals surface area contributed by atoms with E-state index in [0.29, 0.717) is 0 Å². The van der Waals surface area contributed by atoms with Crippen LogP contribution in [0.3, 0.4) is 0 Å². The molecule has 0 unspecified atom stereocenters. The quantitative estimate of drug-likeness (QED) is 0.311. The number of likely N-dealkylation sites (N-methyl/N-ethyl adjacent to an activating group) is 1. The number of nitrogens with one attached hydrogen (secondary N) is 1. The Kier molecular flexibility index (Phi) is 4.26. The highest BCUT2D eigenvalue weighted by atomic mass is 15.3. The van der Waals surface area contributed by atoms with Crippen LogP contribution in [0.5, 0.6) is 0 Å². The molecule has 1 N–H and O–H groups in total. The second kappa shape index (κ2) is 4.59. The minimum absolute atomic E-state index is 0.872. The Morgan fingerprint density at radius 3 is 2.62 bits per heavy atom. The van der Waals surface area contributed by atoms with Crippen molar-refractivity contribution >= 4 is 6.72 Å². The normalized spacial score (nSPS) is 9.38. The standard InChI is InChI=1S/C5H13N3/c1-6-7-4-5-8(2)3/h7H,1,4-5H2,2-3H3. The van der Waals surface area contributed by atoms with Crippen LogP contribution >= 0.6 is 0 Å². The van der Waals surface area contributed by atoms with Gasteiger partial charge in [-0.2, -0.15) is 5.10 Å². The van der Waals surface area contributed by atoms with Crippen molar-refractivity contribution in [3.8, 4) is 0 Å². The van der Waals surface area contributed by atoms with Crippen molar-refractivity contribution in [1.82, 2.24) is 10.3 Å². The monoisotopic (exact) mass is 115 g/mol. The van der Waals surface area contributed by atoms with Crippen molar-refractivity contribution in [1.29, 1.82) is 0 Å². The number of rotatable bonds is 4. The molecule has 0 aliphatic carbocycles. The average molecular weight is 115 g/mol. The molecule has 0 saturated heterocycles. The summed E-state index contributed by atoms with van der Waals surface area (Å²) < 4.78 is 0. The van der Waals surface area contributed by atoms with Crippen LogP contribution in [-0.4, -0.2) is 38.8 Å². The lowest BCUT2D eigenvalue weighted by atomic mass is 10.6. The molecule has 0 amide bonds. The average Bonchev–Trinajstić information content (AvgIpc) is 1.66. The van der Waals surface area contributed by atoms with Crippen LogP contribution < -0.4 is 5.43 Å². The van der Waals surface area contributed by atoms with E-state index < -0.39 is 0 Å². The molecule has 0 aromatic carbocycles. The summed E-state index contributed by atoms with van der Waals surface area (Å²) in [7, 11) is 4.04. The Balaban J connectivity index is 2.81. The fourth-order valence-corrected chi connectivity index (χ4v) is 0.353. The molecule has 0 rings (SSSR count). The summed E-state index contributed by atoms with van der Waals surface area (Å²) in [6, 6.07) is 0. The summed E-state index contributed by atoms with van der Waals surface area (Å²) in [5.41, 5.74) is 2.75. The van der Waals surface area contributed by atoms with Crippen LogP contribution in [0.25, 0.3) is 0 Å². The highest BCUT2D eigenvalue weighted by Crippen LogP contribution is 1.68. The lowest BCUT2D eigenvalue weighted by molar-refractivity contribution is 0.403. The third-order valence-electron chi connectivity index (χ3n) is 0.783. The van der Waals surface area contributed by atoms with Gasteiger partial charge >= 0.3 is 0 Å². The Labute approximate surface area is 50.4 Å². The van der Waals surface area contributed by atoms with E-state index in [1.54, 1.807) is 0 Å². The summed E-state index contributed by atoms with van der Waals surface area (Å²) in [5, 5.41) is 3.48.